The van der Waals surface area contributed by atoms with Crippen molar-refractivity contribution < 1.29 is 35.2 Å². The molecule has 1 fully saturated rings. The maximum absolute atomic E-state index is 10.8. The second-order valence-corrected chi connectivity index (χ2v) is 4.28. The number of aliphatic carboxylic acids is 1. The molecule has 0 atom stereocenters. The van der Waals surface area contributed by atoms with E-state index in [-0.39, 0.29) is 24.0 Å². The van der Waals surface area contributed by atoms with Gasteiger partial charge in [0.25, 0.3) is 0 Å². The van der Waals surface area contributed by atoms with E-state index in [0.717, 1.165) is 4.90 Å². The molecule has 0 aromatic rings. The first-order chi connectivity index (χ1) is 6.32. The summed E-state index contributed by atoms with van der Waals surface area (Å²) in [5.41, 5.74) is 0. The molecule has 0 amide bonds. The Hall–Kier alpha value is -1.19. The van der Waals surface area contributed by atoms with Crippen molar-refractivity contribution in [1.82, 2.24) is 9.57 Å². The standard InChI is InChI=1S/C5H10N3O5P.2H2O/c6-5-7(3-4(9)10)1-2-8(5)14(11,12)13;;/h6H,1-3H2,(H,9,10)(H2,11,12,13);2*1H2. The highest BCUT2D eigenvalue weighted by atomic mass is 31.2. The number of hydrogen-bond acceptors (Lipinski definition) is 3. The number of carbonyl (C=O) groups is 1. The number of nitrogens with zero attached hydrogens (tertiary/aromatic N) is 2. The van der Waals surface area contributed by atoms with Crippen molar-refractivity contribution in [2.75, 3.05) is 19.6 Å². The average molecular weight is 259 g/mol. The van der Waals surface area contributed by atoms with Gasteiger partial charge in [0.15, 0.2) is 0 Å². The summed E-state index contributed by atoms with van der Waals surface area (Å²) < 4.78 is 11.4. The van der Waals surface area contributed by atoms with Gasteiger partial charge in [-0.25, -0.2) is 9.24 Å². The van der Waals surface area contributed by atoms with Crippen molar-refractivity contribution in [3.63, 3.8) is 0 Å². The number of nitrogens with one attached hydrogen (secondary N) is 1. The summed E-state index contributed by atoms with van der Waals surface area (Å²) in [7, 11) is -4.48. The number of carboxylic acid groups (broad SMARTS) is 1. The van der Waals surface area contributed by atoms with Crippen LogP contribution in [0.1, 0.15) is 0 Å². The van der Waals surface area contributed by atoms with E-state index in [4.69, 9.17) is 20.3 Å². The van der Waals surface area contributed by atoms with Gasteiger partial charge in [0.1, 0.15) is 6.54 Å². The highest BCUT2D eigenvalue weighted by Crippen LogP contribution is 2.41. The summed E-state index contributed by atoms with van der Waals surface area (Å²) in [6, 6.07) is 0. The SMILES string of the molecule is N=C1N(CC(=O)O)CCN1P(=O)(O)O.O.O. The number of carboxylic acids is 1. The maximum Gasteiger partial charge on any atom is 0.432 e. The molecule has 0 aromatic heterocycles. The minimum Gasteiger partial charge on any atom is -0.480 e. The molecule has 96 valence electrons. The van der Waals surface area contributed by atoms with Crippen molar-refractivity contribution in [3.05, 3.63) is 0 Å². The molecule has 0 aliphatic carbocycles. The molecule has 11 heteroatoms. The Bertz CT molecular complexity index is 315. The molecular weight excluding hydrogens is 245 g/mol. The first kappa shape index (κ1) is 17.2. The van der Waals surface area contributed by atoms with Gasteiger partial charge in [-0.05, 0) is 0 Å². The van der Waals surface area contributed by atoms with E-state index >= 15 is 0 Å². The molecule has 8 N–H and O–H groups in total. The van der Waals surface area contributed by atoms with Gasteiger partial charge in [-0.3, -0.25) is 10.2 Å². The lowest BCUT2D eigenvalue weighted by molar-refractivity contribution is -0.137. The first-order valence-corrected chi connectivity index (χ1v) is 5.27. The van der Waals surface area contributed by atoms with Gasteiger partial charge in [0.05, 0.1) is 0 Å². The summed E-state index contributed by atoms with van der Waals surface area (Å²) in [6.45, 7) is -0.317. The molecule has 0 bridgehead atoms. The smallest absolute Gasteiger partial charge is 0.432 e. The number of guanidine groups is 1. The fraction of sp³-hybridized carbons (Fsp3) is 0.600. The quantitative estimate of drug-likeness (QED) is 0.390. The van der Waals surface area contributed by atoms with E-state index in [9.17, 15) is 9.36 Å². The van der Waals surface area contributed by atoms with Gasteiger partial charge < -0.3 is 30.7 Å². The number of hydrogen-bond donors (Lipinski definition) is 4. The van der Waals surface area contributed by atoms with Gasteiger partial charge in [-0.1, -0.05) is 0 Å². The largest absolute Gasteiger partial charge is 0.480 e. The van der Waals surface area contributed by atoms with Crippen LogP contribution in [-0.2, 0) is 9.36 Å². The van der Waals surface area contributed by atoms with Crippen molar-refractivity contribution in [2.24, 2.45) is 0 Å². The molecule has 1 heterocycles. The van der Waals surface area contributed by atoms with Crippen LogP contribution in [0.25, 0.3) is 0 Å². The van der Waals surface area contributed by atoms with Gasteiger partial charge in [-0.15, -0.1) is 0 Å². The van der Waals surface area contributed by atoms with Crippen molar-refractivity contribution >= 4 is 19.7 Å². The molecule has 10 nitrogen and oxygen atoms in total. The Labute approximate surface area is 90.4 Å². The highest BCUT2D eigenvalue weighted by Gasteiger charge is 2.36. The summed E-state index contributed by atoms with van der Waals surface area (Å²) >= 11 is 0. The molecule has 0 saturated carbocycles. The summed E-state index contributed by atoms with van der Waals surface area (Å²) in [4.78, 5) is 28.9. The van der Waals surface area contributed by atoms with Gasteiger partial charge in [0, 0.05) is 13.1 Å². The van der Waals surface area contributed by atoms with Crippen LogP contribution in [0.4, 0.5) is 0 Å². The van der Waals surface area contributed by atoms with E-state index in [1.165, 1.54) is 0 Å². The fourth-order valence-electron chi connectivity index (χ4n) is 1.16. The van der Waals surface area contributed by atoms with Gasteiger partial charge >= 0.3 is 13.7 Å². The molecule has 16 heavy (non-hydrogen) atoms. The molecule has 1 aliphatic heterocycles. The van der Waals surface area contributed by atoms with E-state index < -0.39 is 26.2 Å². The third-order valence-electron chi connectivity index (χ3n) is 1.77. The van der Waals surface area contributed by atoms with Crippen LogP contribution in [0.2, 0.25) is 0 Å². The zero-order chi connectivity index (χ0) is 10.9. The van der Waals surface area contributed by atoms with Crippen molar-refractivity contribution in [1.29, 1.82) is 5.41 Å². The van der Waals surface area contributed by atoms with E-state index in [0.29, 0.717) is 4.67 Å². The Morgan fingerprint density at radius 2 is 1.88 bits per heavy atom. The normalized spacial score (nSPS) is 15.5. The number of rotatable bonds is 3. The first-order valence-electron chi connectivity index (χ1n) is 3.71. The monoisotopic (exact) mass is 259 g/mol. The Balaban J connectivity index is 0. The minimum absolute atomic E-state index is 0. The molecule has 0 spiro atoms. The second-order valence-electron chi connectivity index (χ2n) is 2.78. The lowest BCUT2D eigenvalue weighted by atomic mass is 10.5. The van der Waals surface area contributed by atoms with Crippen LogP contribution in [0.5, 0.6) is 0 Å². The van der Waals surface area contributed by atoms with Crippen LogP contribution in [-0.4, -0.2) is 67.0 Å². The highest BCUT2D eigenvalue weighted by molar-refractivity contribution is 7.50. The van der Waals surface area contributed by atoms with Crippen LogP contribution >= 0.6 is 7.75 Å². The fourth-order valence-corrected chi connectivity index (χ4v) is 1.88. The lowest BCUT2D eigenvalue weighted by Gasteiger charge is -2.20. The molecule has 1 saturated heterocycles. The molecule has 0 aromatic carbocycles. The van der Waals surface area contributed by atoms with E-state index in [1.807, 2.05) is 0 Å². The van der Waals surface area contributed by atoms with Crippen LogP contribution in [0, 0.1) is 5.41 Å². The Morgan fingerprint density at radius 3 is 2.19 bits per heavy atom. The molecule has 0 unspecified atom stereocenters. The molecule has 1 rings (SSSR count). The summed E-state index contributed by atoms with van der Waals surface area (Å²) in [5, 5.41) is 15.7. The van der Waals surface area contributed by atoms with Crippen LogP contribution in [0.3, 0.4) is 0 Å². The van der Waals surface area contributed by atoms with Crippen LogP contribution in [0.15, 0.2) is 0 Å². The summed E-state index contributed by atoms with van der Waals surface area (Å²) in [6.07, 6.45) is 0. The maximum atomic E-state index is 10.8. The van der Waals surface area contributed by atoms with Crippen LogP contribution < -0.4 is 0 Å². The zero-order valence-electron chi connectivity index (χ0n) is 8.12. The Kier molecular flexibility index (Phi) is 6.21. The third-order valence-corrected chi connectivity index (χ3v) is 2.78. The minimum atomic E-state index is -4.48. The van der Waals surface area contributed by atoms with E-state index in [1.54, 1.807) is 0 Å². The molecular formula is C5H14N3O7P. The van der Waals surface area contributed by atoms with Crippen molar-refractivity contribution in [3.8, 4) is 0 Å². The summed E-state index contributed by atoms with van der Waals surface area (Å²) in [5.74, 6) is -1.58. The third kappa shape index (κ3) is 3.76. The average Bonchev–Trinajstić information content (AvgIpc) is 2.30. The van der Waals surface area contributed by atoms with Gasteiger partial charge in [-0.2, -0.15) is 0 Å². The van der Waals surface area contributed by atoms with E-state index in [2.05, 4.69) is 0 Å². The lowest BCUT2D eigenvalue weighted by Crippen LogP contribution is -2.34. The van der Waals surface area contributed by atoms with Gasteiger partial charge in [0.2, 0.25) is 5.96 Å². The Morgan fingerprint density at radius 1 is 1.38 bits per heavy atom. The molecule has 0 radical (unpaired) electrons. The van der Waals surface area contributed by atoms with Crippen molar-refractivity contribution in [2.45, 2.75) is 0 Å². The topological polar surface area (TPSA) is 188 Å². The zero-order valence-corrected chi connectivity index (χ0v) is 9.02. The molecule has 1 aliphatic rings. The second kappa shape index (κ2) is 5.77. The predicted molar refractivity (Wildman–Crippen MR) is 52.9 cm³/mol. The predicted octanol–water partition coefficient (Wildman–Crippen LogP) is -2.93.